The summed E-state index contributed by atoms with van der Waals surface area (Å²) in [5.74, 6) is -1.18. The first-order valence-corrected chi connectivity index (χ1v) is 9.29. The second-order valence-corrected chi connectivity index (χ2v) is 7.58. The van der Waals surface area contributed by atoms with Crippen molar-refractivity contribution in [2.45, 2.75) is 18.4 Å². The third kappa shape index (κ3) is 4.90. The Morgan fingerprint density at radius 1 is 1.12 bits per heavy atom. The highest BCUT2D eigenvalue weighted by atomic mass is 32.2. The van der Waals surface area contributed by atoms with Gasteiger partial charge in [0.05, 0.1) is 4.90 Å². The maximum atomic E-state index is 12.1. The zero-order valence-electron chi connectivity index (χ0n) is 13.8. The van der Waals surface area contributed by atoms with Crippen LogP contribution in [0.1, 0.15) is 5.56 Å². The topological polar surface area (TPSA) is 76.4 Å². The van der Waals surface area contributed by atoms with Crippen LogP contribution in [0.15, 0.2) is 59.6 Å². The number of fused-ring (bicyclic) bond motifs is 1. The fraction of sp³-hybridized carbons (Fsp3) is 0.167. The number of sulfone groups is 1. The van der Waals surface area contributed by atoms with Crippen molar-refractivity contribution in [3.8, 4) is 0 Å². The number of nitrogens with zero attached hydrogens (tertiary/aromatic N) is 1. The van der Waals surface area contributed by atoms with Gasteiger partial charge in [-0.05, 0) is 25.1 Å². The van der Waals surface area contributed by atoms with E-state index in [9.17, 15) is 17.6 Å². The second-order valence-electron chi connectivity index (χ2n) is 5.60. The summed E-state index contributed by atoms with van der Waals surface area (Å²) < 4.78 is 36.7. The highest BCUT2D eigenvalue weighted by Crippen LogP contribution is 2.25. The fourth-order valence-electron chi connectivity index (χ4n) is 2.32. The first-order valence-electron chi connectivity index (χ1n) is 7.40. The predicted octanol–water partition coefficient (Wildman–Crippen LogP) is 3.26. The van der Waals surface area contributed by atoms with Crippen molar-refractivity contribution < 1.29 is 22.7 Å². The number of benzene rings is 2. The third-order valence-electron chi connectivity index (χ3n) is 3.47. The first kappa shape index (κ1) is 18.7. The van der Waals surface area contributed by atoms with Crippen molar-refractivity contribution in [1.82, 2.24) is 4.57 Å². The molecular weight excluding hydrogens is 345 g/mol. The molecule has 132 valence electrons. The van der Waals surface area contributed by atoms with Crippen LogP contribution < -0.4 is 0 Å². The zero-order chi connectivity index (χ0) is 18.6. The van der Waals surface area contributed by atoms with Gasteiger partial charge in [-0.2, -0.15) is 0 Å². The monoisotopic (exact) mass is 363 g/mol. The van der Waals surface area contributed by atoms with E-state index >= 15 is 0 Å². The van der Waals surface area contributed by atoms with Gasteiger partial charge in [-0.15, -0.1) is 0 Å². The van der Waals surface area contributed by atoms with Gasteiger partial charge in [-0.25, -0.2) is 12.8 Å². The molecule has 0 aliphatic heterocycles. The Hall–Kier alpha value is -2.67. The van der Waals surface area contributed by atoms with Gasteiger partial charge in [-0.1, -0.05) is 35.9 Å². The number of hydrogen-bond acceptors (Lipinski definition) is 3. The Labute approximate surface area is 145 Å². The molecule has 7 heteroatoms. The maximum Gasteiger partial charge on any atom is 0.323 e. The Bertz CT molecular complexity index is 971. The Kier molecular flexibility index (Phi) is 5.58. The van der Waals surface area contributed by atoms with Gasteiger partial charge < -0.3 is 9.67 Å². The van der Waals surface area contributed by atoms with E-state index in [0.717, 1.165) is 11.8 Å². The second kappa shape index (κ2) is 7.48. The van der Waals surface area contributed by atoms with Crippen LogP contribution in [0, 0.1) is 12.7 Å². The zero-order valence-corrected chi connectivity index (χ0v) is 14.6. The van der Waals surface area contributed by atoms with Crippen LogP contribution in [0.4, 0.5) is 4.39 Å². The number of carboxylic acid groups (broad SMARTS) is 1. The lowest BCUT2D eigenvalue weighted by Crippen LogP contribution is -2.07. The van der Waals surface area contributed by atoms with Gasteiger partial charge >= 0.3 is 5.97 Å². The number of carboxylic acids is 1. The van der Waals surface area contributed by atoms with E-state index in [0.29, 0.717) is 10.9 Å². The van der Waals surface area contributed by atoms with Gasteiger partial charge in [0.1, 0.15) is 12.4 Å². The SMILES string of the molecule is CS(=O)(=O)c1cn(CC(=O)O)c2ccccc12.Cc1ccc(F)cc1. The number of para-hydroxylation sites is 1. The summed E-state index contributed by atoms with van der Waals surface area (Å²) in [6.45, 7) is 1.68. The number of aromatic nitrogens is 1. The molecule has 0 spiro atoms. The summed E-state index contributed by atoms with van der Waals surface area (Å²) in [5.41, 5.74) is 1.70. The van der Waals surface area contributed by atoms with Gasteiger partial charge in [0, 0.05) is 23.4 Å². The van der Waals surface area contributed by atoms with E-state index in [2.05, 4.69) is 0 Å². The van der Waals surface area contributed by atoms with E-state index < -0.39 is 15.8 Å². The van der Waals surface area contributed by atoms with Crippen molar-refractivity contribution in [2.24, 2.45) is 0 Å². The molecule has 25 heavy (non-hydrogen) atoms. The summed E-state index contributed by atoms with van der Waals surface area (Å²) >= 11 is 0. The summed E-state index contributed by atoms with van der Waals surface area (Å²) in [5, 5.41) is 9.32. The molecule has 2 aromatic carbocycles. The Morgan fingerprint density at radius 3 is 2.24 bits per heavy atom. The van der Waals surface area contributed by atoms with Gasteiger partial charge in [-0.3, -0.25) is 4.79 Å². The average molecular weight is 363 g/mol. The minimum atomic E-state index is -3.36. The van der Waals surface area contributed by atoms with Crippen molar-refractivity contribution in [3.05, 3.63) is 66.1 Å². The van der Waals surface area contributed by atoms with Crippen LogP contribution >= 0.6 is 0 Å². The fourth-order valence-corrected chi connectivity index (χ4v) is 3.21. The summed E-state index contributed by atoms with van der Waals surface area (Å²) in [6, 6.07) is 13.2. The maximum absolute atomic E-state index is 12.1. The van der Waals surface area contributed by atoms with E-state index in [-0.39, 0.29) is 17.3 Å². The quantitative estimate of drug-likeness (QED) is 0.775. The molecule has 0 amide bonds. The molecule has 1 N–H and O–H groups in total. The minimum absolute atomic E-state index is 0.161. The van der Waals surface area contributed by atoms with Crippen molar-refractivity contribution >= 4 is 26.7 Å². The van der Waals surface area contributed by atoms with Crippen LogP contribution in [0.25, 0.3) is 10.9 Å². The molecule has 0 radical (unpaired) electrons. The lowest BCUT2D eigenvalue weighted by Gasteiger charge is -1.99. The average Bonchev–Trinajstić information content (AvgIpc) is 2.89. The molecule has 1 heterocycles. The normalized spacial score (nSPS) is 11.0. The molecule has 0 bridgehead atoms. The molecular formula is C18H18FNO4S. The van der Waals surface area contributed by atoms with Gasteiger partial charge in [0.2, 0.25) is 0 Å². The lowest BCUT2D eigenvalue weighted by atomic mass is 10.2. The molecule has 0 aliphatic carbocycles. The van der Waals surface area contributed by atoms with Gasteiger partial charge in [0.15, 0.2) is 9.84 Å². The highest BCUT2D eigenvalue weighted by Gasteiger charge is 2.17. The minimum Gasteiger partial charge on any atom is -0.480 e. The number of aliphatic carboxylic acids is 1. The highest BCUT2D eigenvalue weighted by molar-refractivity contribution is 7.91. The molecule has 5 nitrogen and oxygen atoms in total. The number of carbonyl (C=O) groups is 1. The molecule has 0 unspecified atom stereocenters. The number of aryl methyl sites for hydroxylation is 1. The van der Waals surface area contributed by atoms with Crippen LogP contribution in [-0.4, -0.2) is 30.3 Å². The van der Waals surface area contributed by atoms with Gasteiger partial charge in [0.25, 0.3) is 0 Å². The molecule has 3 rings (SSSR count). The number of rotatable bonds is 3. The molecule has 0 saturated heterocycles. The van der Waals surface area contributed by atoms with Crippen molar-refractivity contribution in [3.63, 3.8) is 0 Å². The summed E-state index contributed by atoms with van der Waals surface area (Å²) in [6.07, 6.45) is 2.48. The number of hydrogen-bond donors (Lipinski definition) is 1. The molecule has 0 saturated carbocycles. The van der Waals surface area contributed by atoms with E-state index in [4.69, 9.17) is 5.11 Å². The number of halogens is 1. The smallest absolute Gasteiger partial charge is 0.323 e. The summed E-state index contributed by atoms with van der Waals surface area (Å²) in [7, 11) is -3.36. The van der Waals surface area contributed by atoms with E-state index in [1.807, 2.05) is 6.92 Å². The molecule has 0 aliphatic rings. The van der Waals surface area contributed by atoms with Crippen molar-refractivity contribution in [2.75, 3.05) is 6.26 Å². The summed E-state index contributed by atoms with van der Waals surface area (Å²) in [4.78, 5) is 10.9. The Balaban J connectivity index is 0.000000236. The van der Waals surface area contributed by atoms with Crippen LogP contribution in [0.5, 0.6) is 0 Å². The molecule has 3 aromatic rings. The predicted molar refractivity (Wildman–Crippen MR) is 93.8 cm³/mol. The standard InChI is InChI=1S/C11H11NO4S.C7H7F/c1-17(15,16)10-6-12(7-11(13)14)9-5-3-2-4-8(9)10;1-6-2-4-7(8)5-3-6/h2-6H,7H2,1H3,(H,13,14);2-5H,1H3. The lowest BCUT2D eigenvalue weighted by molar-refractivity contribution is -0.137. The van der Waals surface area contributed by atoms with Crippen LogP contribution in [-0.2, 0) is 21.2 Å². The largest absolute Gasteiger partial charge is 0.480 e. The van der Waals surface area contributed by atoms with E-state index in [1.54, 1.807) is 36.4 Å². The first-order chi connectivity index (χ1) is 11.7. The van der Waals surface area contributed by atoms with Crippen molar-refractivity contribution in [1.29, 1.82) is 0 Å². The van der Waals surface area contributed by atoms with E-state index in [1.165, 1.54) is 22.9 Å². The molecule has 0 fully saturated rings. The van der Waals surface area contributed by atoms with Crippen LogP contribution in [0.3, 0.4) is 0 Å². The third-order valence-corrected chi connectivity index (χ3v) is 4.59. The molecule has 0 atom stereocenters. The Morgan fingerprint density at radius 2 is 1.72 bits per heavy atom. The van der Waals surface area contributed by atoms with Crippen LogP contribution in [0.2, 0.25) is 0 Å². The molecule has 1 aromatic heterocycles.